The van der Waals surface area contributed by atoms with Gasteiger partial charge in [-0.05, 0) is 12.8 Å². The summed E-state index contributed by atoms with van der Waals surface area (Å²) in [5.74, 6) is -0.618. The van der Waals surface area contributed by atoms with E-state index in [1.165, 1.54) is 17.2 Å². The van der Waals surface area contributed by atoms with E-state index in [9.17, 15) is 20.1 Å². The van der Waals surface area contributed by atoms with E-state index in [-0.39, 0.29) is 22.9 Å². The molecule has 10 heteroatoms. The molecule has 1 saturated heterocycles. The highest BCUT2D eigenvalue weighted by Gasteiger charge is 2.64. The standard InChI is InChI=1S/C19H23N5O5/c1-10-5-3-4-6-18(10,2)17(28)19(14(27)13(26)11(7-25)29-19)24-9-23-12-15(20)21-8-22-16(12)24/h3-6,8-11,13-14,25-27H,7H2,1-2H3,(H2,20,21,22)/t10?,11-,13-,14-,18?,19+/m1/s1. The van der Waals surface area contributed by atoms with Gasteiger partial charge in [-0.15, -0.1) is 0 Å². The second-order valence-corrected chi connectivity index (χ2v) is 7.66. The van der Waals surface area contributed by atoms with Gasteiger partial charge in [-0.25, -0.2) is 15.0 Å². The van der Waals surface area contributed by atoms with E-state index in [0.29, 0.717) is 0 Å². The van der Waals surface area contributed by atoms with Crippen molar-refractivity contribution < 1.29 is 24.9 Å². The molecule has 6 atom stereocenters. The fourth-order valence-electron chi connectivity index (χ4n) is 4.05. The van der Waals surface area contributed by atoms with Gasteiger partial charge in [0.2, 0.25) is 5.72 Å². The van der Waals surface area contributed by atoms with E-state index in [1.807, 2.05) is 19.1 Å². The van der Waals surface area contributed by atoms with Crippen molar-refractivity contribution >= 4 is 22.8 Å². The maximum atomic E-state index is 14.0. The first-order chi connectivity index (χ1) is 13.8. The molecule has 10 nitrogen and oxygen atoms in total. The minimum Gasteiger partial charge on any atom is -0.394 e. The average Bonchev–Trinajstić information content (AvgIpc) is 3.25. The van der Waals surface area contributed by atoms with Crippen molar-refractivity contribution in [3.05, 3.63) is 37.0 Å². The van der Waals surface area contributed by atoms with Gasteiger partial charge in [-0.3, -0.25) is 9.36 Å². The lowest BCUT2D eigenvalue weighted by Gasteiger charge is -2.41. The van der Waals surface area contributed by atoms with Crippen molar-refractivity contribution in [1.82, 2.24) is 19.5 Å². The minimum absolute atomic E-state index is 0.100. The molecule has 0 radical (unpaired) electrons. The predicted molar refractivity (Wildman–Crippen MR) is 102 cm³/mol. The van der Waals surface area contributed by atoms with Gasteiger partial charge >= 0.3 is 0 Å². The first kappa shape index (κ1) is 19.6. The molecule has 0 saturated carbocycles. The Morgan fingerprint density at radius 1 is 1.31 bits per heavy atom. The molecule has 0 aromatic carbocycles. The van der Waals surface area contributed by atoms with Crippen molar-refractivity contribution in [2.24, 2.45) is 11.3 Å². The topological polar surface area (TPSA) is 157 Å². The van der Waals surface area contributed by atoms with Crippen LogP contribution in [0.3, 0.4) is 0 Å². The van der Waals surface area contributed by atoms with E-state index in [0.717, 1.165) is 0 Å². The number of aromatic nitrogens is 4. The summed E-state index contributed by atoms with van der Waals surface area (Å²) in [6, 6.07) is 0. The van der Waals surface area contributed by atoms with Gasteiger partial charge in [0.05, 0.1) is 12.0 Å². The Kier molecular flexibility index (Phi) is 4.54. The minimum atomic E-state index is -2.07. The van der Waals surface area contributed by atoms with Crippen LogP contribution in [0.4, 0.5) is 5.82 Å². The maximum Gasteiger partial charge on any atom is 0.237 e. The number of nitrogen functional groups attached to an aromatic ring is 1. The van der Waals surface area contributed by atoms with Crippen LogP contribution in [-0.4, -0.2) is 65.5 Å². The highest BCUT2D eigenvalue weighted by atomic mass is 16.6. The summed E-state index contributed by atoms with van der Waals surface area (Å²) >= 11 is 0. The quantitative estimate of drug-likeness (QED) is 0.531. The summed E-state index contributed by atoms with van der Waals surface area (Å²) in [6.45, 7) is 3.02. The molecule has 0 bridgehead atoms. The molecular formula is C19H23N5O5. The summed E-state index contributed by atoms with van der Waals surface area (Å²) in [5.41, 5.74) is 3.14. The summed E-state index contributed by atoms with van der Waals surface area (Å²) in [5, 5.41) is 31.2. The number of hydrogen-bond donors (Lipinski definition) is 4. The Morgan fingerprint density at radius 2 is 2.07 bits per heavy atom. The first-order valence-electron chi connectivity index (χ1n) is 9.27. The number of ether oxygens (including phenoxy) is 1. The Labute approximate surface area is 166 Å². The smallest absolute Gasteiger partial charge is 0.237 e. The van der Waals surface area contributed by atoms with E-state index in [2.05, 4.69) is 15.0 Å². The van der Waals surface area contributed by atoms with Crippen LogP contribution in [0, 0.1) is 11.3 Å². The fraction of sp³-hybridized carbons (Fsp3) is 0.474. The molecule has 0 spiro atoms. The van der Waals surface area contributed by atoms with Crippen molar-refractivity contribution in [2.45, 2.75) is 37.9 Å². The molecular weight excluding hydrogens is 378 g/mol. The number of carbonyl (C=O) groups is 1. The lowest BCUT2D eigenvalue weighted by Crippen LogP contribution is -2.57. The monoisotopic (exact) mass is 401 g/mol. The number of nitrogens with zero attached hydrogens (tertiary/aromatic N) is 4. The van der Waals surface area contributed by atoms with Gasteiger partial charge in [0.25, 0.3) is 0 Å². The summed E-state index contributed by atoms with van der Waals surface area (Å²) < 4.78 is 7.18. The highest BCUT2D eigenvalue weighted by Crippen LogP contribution is 2.46. The molecule has 5 N–H and O–H groups in total. The Balaban J connectivity index is 1.97. The molecule has 1 fully saturated rings. The van der Waals surface area contributed by atoms with Gasteiger partial charge < -0.3 is 25.8 Å². The number of anilines is 1. The third-order valence-corrected chi connectivity index (χ3v) is 6.05. The number of aliphatic hydroxyl groups excluding tert-OH is 3. The lowest BCUT2D eigenvalue weighted by atomic mass is 9.68. The van der Waals surface area contributed by atoms with Gasteiger partial charge in [-0.2, -0.15) is 0 Å². The number of ketones is 1. The first-order valence-corrected chi connectivity index (χ1v) is 9.27. The second-order valence-electron chi connectivity index (χ2n) is 7.66. The Bertz CT molecular complexity index is 1020. The molecule has 4 rings (SSSR count). The van der Waals surface area contributed by atoms with Crippen molar-refractivity contribution in [2.75, 3.05) is 12.3 Å². The number of hydrogen-bond acceptors (Lipinski definition) is 9. The highest BCUT2D eigenvalue weighted by molar-refractivity contribution is 5.95. The molecule has 3 heterocycles. The molecule has 154 valence electrons. The number of allylic oxidation sites excluding steroid dienone is 4. The lowest BCUT2D eigenvalue weighted by molar-refractivity contribution is -0.182. The SMILES string of the molecule is CC1C=CC=CC1(C)C(=O)[C@@]1(n2cnc3c(N)ncnc32)O[C@H](CO)[C@@H](O)[C@H]1O. The third kappa shape index (κ3) is 2.57. The van der Waals surface area contributed by atoms with Crippen LogP contribution < -0.4 is 5.73 Å². The van der Waals surface area contributed by atoms with Crippen molar-refractivity contribution in [1.29, 1.82) is 0 Å². The number of carbonyl (C=O) groups excluding carboxylic acids is 1. The zero-order chi connectivity index (χ0) is 21.0. The zero-order valence-electron chi connectivity index (χ0n) is 16.0. The van der Waals surface area contributed by atoms with Crippen LogP contribution >= 0.6 is 0 Å². The zero-order valence-corrected chi connectivity index (χ0v) is 16.0. The van der Waals surface area contributed by atoms with Crippen LogP contribution in [0.1, 0.15) is 13.8 Å². The predicted octanol–water partition coefficient (Wildman–Crippen LogP) is -0.488. The number of fused-ring (bicyclic) bond motifs is 1. The molecule has 2 unspecified atom stereocenters. The molecule has 2 aromatic heterocycles. The van der Waals surface area contributed by atoms with Crippen LogP contribution in [0.2, 0.25) is 0 Å². The third-order valence-electron chi connectivity index (χ3n) is 6.05. The molecule has 1 aliphatic heterocycles. The van der Waals surface area contributed by atoms with Crippen molar-refractivity contribution in [3.63, 3.8) is 0 Å². The largest absolute Gasteiger partial charge is 0.394 e. The van der Waals surface area contributed by atoms with E-state index < -0.39 is 41.8 Å². The number of nitrogens with two attached hydrogens (primary N) is 1. The average molecular weight is 401 g/mol. The molecule has 2 aromatic rings. The van der Waals surface area contributed by atoms with Crippen LogP contribution in [0.5, 0.6) is 0 Å². The van der Waals surface area contributed by atoms with Crippen LogP contribution in [-0.2, 0) is 15.3 Å². The van der Waals surface area contributed by atoms with Gasteiger partial charge in [0.15, 0.2) is 17.2 Å². The number of aliphatic hydroxyl groups is 3. The van der Waals surface area contributed by atoms with Gasteiger partial charge in [0.1, 0.15) is 36.5 Å². The van der Waals surface area contributed by atoms with Gasteiger partial charge in [0, 0.05) is 0 Å². The van der Waals surface area contributed by atoms with Crippen LogP contribution in [0.25, 0.3) is 11.2 Å². The molecule has 29 heavy (non-hydrogen) atoms. The summed E-state index contributed by atoms with van der Waals surface area (Å²) in [4.78, 5) is 26.2. The molecule has 0 amide bonds. The summed E-state index contributed by atoms with van der Waals surface area (Å²) in [7, 11) is 0. The molecule has 2 aliphatic rings. The number of Topliss-reactive ketones (excluding diaryl/α,β-unsaturated/α-hetero) is 1. The maximum absolute atomic E-state index is 14.0. The van der Waals surface area contributed by atoms with E-state index in [4.69, 9.17) is 10.5 Å². The van der Waals surface area contributed by atoms with E-state index >= 15 is 0 Å². The number of rotatable bonds is 4. The van der Waals surface area contributed by atoms with Gasteiger partial charge in [-0.1, -0.05) is 31.2 Å². The van der Waals surface area contributed by atoms with Crippen LogP contribution in [0.15, 0.2) is 37.0 Å². The summed E-state index contributed by atoms with van der Waals surface area (Å²) in [6.07, 6.45) is 5.34. The number of imidazole rings is 1. The van der Waals surface area contributed by atoms with E-state index in [1.54, 1.807) is 19.1 Å². The fourth-order valence-corrected chi connectivity index (χ4v) is 4.05. The van der Waals surface area contributed by atoms with Crippen molar-refractivity contribution in [3.8, 4) is 0 Å². The Morgan fingerprint density at radius 3 is 2.72 bits per heavy atom. The second kappa shape index (κ2) is 6.70. The normalized spacial score (nSPS) is 36.7. The molecule has 1 aliphatic carbocycles. The Hall–Kier alpha value is -2.66.